The van der Waals surface area contributed by atoms with Gasteiger partial charge in [-0.2, -0.15) is 5.26 Å². The predicted octanol–water partition coefficient (Wildman–Crippen LogP) is 2.14. The van der Waals surface area contributed by atoms with Gasteiger partial charge in [0.15, 0.2) is 17.7 Å². The largest absolute Gasteiger partial charge is 0.497 e. The third-order valence-electron chi connectivity index (χ3n) is 7.23. The number of nitrogens with two attached hydrogens (primary N) is 1. The number of benzene rings is 2. The summed E-state index contributed by atoms with van der Waals surface area (Å²) in [5.41, 5.74) is 14.6. The Balaban J connectivity index is 1.55. The number of rotatable bonds is 6. The highest BCUT2D eigenvalue weighted by Crippen LogP contribution is 2.50. The van der Waals surface area contributed by atoms with Crippen molar-refractivity contribution in [2.45, 2.75) is 18.2 Å². The molecule has 0 aliphatic carbocycles. The molecule has 2 fully saturated rings. The molecule has 39 heavy (non-hydrogen) atoms. The Morgan fingerprint density at radius 3 is 2.28 bits per heavy atom. The molecular weight excluding hydrogens is 506 g/mol. The molecule has 2 aromatic carbocycles. The first-order chi connectivity index (χ1) is 19.0. The number of amides is 1. The van der Waals surface area contributed by atoms with Gasteiger partial charge in [-0.25, -0.2) is 15.6 Å². The molecule has 3 aliphatic rings. The van der Waals surface area contributed by atoms with E-state index in [9.17, 15) is 10.1 Å². The molecule has 2 aromatic rings. The summed E-state index contributed by atoms with van der Waals surface area (Å²) in [5, 5.41) is 10.1. The van der Waals surface area contributed by atoms with Crippen LogP contribution in [0.25, 0.3) is 0 Å². The van der Waals surface area contributed by atoms with E-state index >= 15 is 0 Å². The third kappa shape index (κ3) is 4.99. The number of hydrogen-bond donors (Lipinski definition) is 3. The maximum absolute atomic E-state index is 12.9. The van der Waals surface area contributed by atoms with E-state index in [0.717, 1.165) is 11.3 Å². The van der Waals surface area contributed by atoms with Gasteiger partial charge in [0.1, 0.15) is 11.8 Å². The second-order valence-corrected chi connectivity index (χ2v) is 9.24. The minimum absolute atomic E-state index is 0.0363. The van der Waals surface area contributed by atoms with E-state index in [0.29, 0.717) is 31.9 Å². The first-order valence-electron chi connectivity index (χ1n) is 12.5. The lowest BCUT2D eigenvalue weighted by atomic mass is 9.74. The normalized spacial score (nSPS) is 24.3. The standard InChI is InChI=1S/C27H31N5O7/c1-34-17-6-4-15(5-7-17)23-22-21(18(14-28)25(29)39-26(22)31-30-23)16-12-19(35-2)24(20(13-16)36-3)38-27(33)32-8-10-37-11-9-32/h4-7,12-13,21-23,26,30-31H,8-11,29H2,1-3H3. The number of ether oxygens (including phenoxy) is 6. The zero-order valence-electron chi connectivity index (χ0n) is 21.9. The molecular formula is C27H31N5O7. The van der Waals surface area contributed by atoms with Crippen LogP contribution in [0, 0.1) is 17.2 Å². The molecule has 0 saturated carbocycles. The van der Waals surface area contributed by atoms with Gasteiger partial charge in [-0.3, -0.25) is 0 Å². The molecule has 3 heterocycles. The molecule has 0 aromatic heterocycles. The lowest BCUT2D eigenvalue weighted by Gasteiger charge is -2.36. The summed E-state index contributed by atoms with van der Waals surface area (Å²) in [6.45, 7) is 1.73. The number of fused-ring (bicyclic) bond motifs is 1. The molecule has 2 saturated heterocycles. The van der Waals surface area contributed by atoms with E-state index in [1.165, 1.54) is 14.2 Å². The van der Waals surface area contributed by atoms with Crippen LogP contribution in [0.2, 0.25) is 0 Å². The van der Waals surface area contributed by atoms with E-state index in [2.05, 4.69) is 16.9 Å². The summed E-state index contributed by atoms with van der Waals surface area (Å²) in [7, 11) is 4.57. The van der Waals surface area contributed by atoms with Gasteiger partial charge < -0.3 is 39.1 Å². The summed E-state index contributed by atoms with van der Waals surface area (Å²) in [4.78, 5) is 14.4. The Hall–Kier alpha value is -4.18. The number of allylic oxidation sites excluding steroid dienone is 1. The van der Waals surface area contributed by atoms with E-state index < -0.39 is 18.2 Å². The van der Waals surface area contributed by atoms with Gasteiger partial charge in [0.25, 0.3) is 0 Å². The van der Waals surface area contributed by atoms with Crippen LogP contribution in [0.1, 0.15) is 23.1 Å². The van der Waals surface area contributed by atoms with Gasteiger partial charge in [-0.1, -0.05) is 12.1 Å². The van der Waals surface area contributed by atoms with Gasteiger partial charge in [0.05, 0.1) is 46.2 Å². The van der Waals surface area contributed by atoms with Crippen LogP contribution in [0.15, 0.2) is 47.9 Å². The second kappa shape index (κ2) is 11.3. The second-order valence-electron chi connectivity index (χ2n) is 9.24. The molecule has 5 rings (SSSR count). The molecule has 4 N–H and O–H groups in total. The van der Waals surface area contributed by atoms with E-state index in [-0.39, 0.29) is 40.7 Å². The summed E-state index contributed by atoms with van der Waals surface area (Å²) >= 11 is 0. The summed E-state index contributed by atoms with van der Waals surface area (Å²) in [5.74, 6) is 0.695. The molecule has 4 unspecified atom stereocenters. The molecule has 4 atom stereocenters. The average Bonchev–Trinajstić information content (AvgIpc) is 3.40. The molecule has 3 aliphatic heterocycles. The minimum atomic E-state index is -0.528. The summed E-state index contributed by atoms with van der Waals surface area (Å²) in [6, 6.07) is 13.2. The highest BCUT2D eigenvalue weighted by atomic mass is 16.6. The molecule has 12 nitrogen and oxygen atoms in total. The van der Waals surface area contributed by atoms with Crippen molar-refractivity contribution in [1.29, 1.82) is 5.26 Å². The number of nitrogens with zero attached hydrogens (tertiary/aromatic N) is 2. The van der Waals surface area contributed by atoms with Crippen LogP contribution < -0.4 is 35.5 Å². The zero-order chi connectivity index (χ0) is 27.5. The number of nitrogens with one attached hydrogen (secondary N) is 2. The maximum atomic E-state index is 12.9. The summed E-state index contributed by atoms with van der Waals surface area (Å²) < 4.78 is 33.6. The highest BCUT2D eigenvalue weighted by Gasteiger charge is 2.49. The highest BCUT2D eigenvalue weighted by molar-refractivity contribution is 5.74. The number of hydrogen-bond acceptors (Lipinski definition) is 11. The van der Waals surface area contributed by atoms with Crippen LogP contribution in [-0.4, -0.2) is 64.9 Å². The average molecular weight is 538 g/mol. The van der Waals surface area contributed by atoms with Crippen molar-refractivity contribution in [3.8, 4) is 29.1 Å². The van der Waals surface area contributed by atoms with Crippen LogP contribution in [0.4, 0.5) is 4.79 Å². The Kier molecular flexibility index (Phi) is 7.65. The topological polar surface area (TPSA) is 150 Å². The lowest BCUT2D eigenvalue weighted by molar-refractivity contribution is 0.0340. The van der Waals surface area contributed by atoms with Crippen molar-refractivity contribution >= 4 is 6.09 Å². The lowest BCUT2D eigenvalue weighted by Crippen LogP contribution is -2.42. The van der Waals surface area contributed by atoms with Crippen LogP contribution in [0.3, 0.4) is 0 Å². The molecule has 0 radical (unpaired) electrons. The molecule has 0 spiro atoms. The van der Waals surface area contributed by atoms with Crippen molar-refractivity contribution < 1.29 is 33.2 Å². The molecule has 12 heteroatoms. The van der Waals surface area contributed by atoms with Crippen LogP contribution >= 0.6 is 0 Å². The van der Waals surface area contributed by atoms with Gasteiger partial charge in [0.2, 0.25) is 11.6 Å². The SMILES string of the molecule is COc1ccc(C2NNC3OC(N)=C(C#N)C(c4cc(OC)c(OC(=O)N5CCOCC5)c(OC)c4)C32)cc1. The van der Waals surface area contributed by atoms with Crippen LogP contribution in [-0.2, 0) is 9.47 Å². The van der Waals surface area contributed by atoms with E-state index in [4.69, 9.17) is 34.2 Å². The first kappa shape index (κ1) is 26.4. The summed E-state index contributed by atoms with van der Waals surface area (Å²) in [6.07, 6.45) is -1.05. The smallest absolute Gasteiger partial charge is 0.415 e. The van der Waals surface area contributed by atoms with Crippen molar-refractivity contribution in [3.05, 3.63) is 59.0 Å². The Bertz CT molecular complexity index is 1260. The first-order valence-corrected chi connectivity index (χ1v) is 12.5. The van der Waals surface area contributed by atoms with Gasteiger partial charge in [0, 0.05) is 24.9 Å². The molecule has 206 valence electrons. The molecule has 0 bridgehead atoms. The minimum Gasteiger partial charge on any atom is -0.497 e. The van der Waals surface area contributed by atoms with Crippen molar-refractivity contribution in [2.75, 3.05) is 47.6 Å². The quantitative estimate of drug-likeness (QED) is 0.497. The fourth-order valence-corrected chi connectivity index (χ4v) is 5.27. The zero-order valence-corrected chi connectivity index (χ0v) is 21.9. The number of nitriles is 1. The Morgan fingerprint density at radius 2 is 1.69 bits per heavy atom. The fraction of sp³-hybridized carbons (Fsp3) is 0.407. The van der Waals surface area contributed by atoms with Crippen molar-refractivity contribution in [2.24, 2.45) is 11.7 Å². The van der Waals surface area contributed by atoms with E-state index in [1.54, 1.807) is 24.1 Å². The number of carbonyl (C=O) groups is 1. The number of hydrazine groups is 1. The number of methoxy groups -OCH3 is 3. The van der Waals surface area contributed by atoms with Crippen molar-refractivity contribution in [1.82, 2.24) is 15.8 Å². The van der Waals surface area contributed by atoms with Gasteiger partial charge in [-0.05, 0) is 35.4 Å². The number of morpholine rings is 1. The third-order valence-corrected chi connectivity index (χ3v) is 7.23. The van der Waals surface area contributed by atoms with Gasteiger partial charge >= 0.3 is 6.09 Å². The predicted molar refractivity (Wildman–Crippen MR) is 138 cm³/mol. The monoisotopic (exact) mass is 537 g/mol. The van der Waals surface area contributed by atoms with Crippen LogP contribution in [0.5, 0.6) is 23.0 Å². The Labute approximate surface area is 226 Å². The van der Waals surface area contributed by atoms with E-state index in [1.807, 2.05) is 24.3 Å². The van der Waals surface area contributed by atoms with Crippen molar-refractivity contribution in [3.63, 3.8) is 0 Å². The Morgan fingerprint density at radius 1 is 1.03 bits per heavy atom. The molecule has 1 amide bonds. The van der Waals surface area contributed by atoms with Gasteiger partial charge in [-0.15, -0.1) is 0 Å². The fourth-order valence-electron chi connectivity index (χ4n) is 5.27. The number of carbonyl (C=O) groups excluding carboxylic acids is 1. The maximum Gasteiger partial charge on any atom is 0.415 e.